The molecule has 0 aromatic rings. The van der Waals surface area contributed by atoms with Gasteiger partial charge >= 0.3 is 0 Å². The van der Waals surface area contributed by atoms with E-state index >= 15 is 0 Å². The molecule has 1 saturated heterocycles. The van der Waals surface area contributed by atoms with E-state index in [1.165, 1.54) is 11.8 Å². The van der Waals surface area contributed by atoms with E-state index in [1.54, 1.807) is 0 Å². The molecule has 5 heteroatoms. The molecule has 2 amide bonds. The highest BCUT2D eigenvalue weighted by atomic mass is 32.2. The van der Waals surface area contributed by atoms with Crippen LogP contribution in [0.2, 0.25) is 0 Å². The largest absolute Gasteiger partial charge is 0.273 e. The van der Waals surface area contributed by atoms with E-state index in [2.05, 4.69) is 0 Å². The zero-order valence-corrected chi connectivity index (χ0v) is 7.93. The van der Waals surface area contributed by atoms with Crippen molar-refractivity contribution in [3.8, 4) is 0 Å². The van der Waals surface area contributed by atoms with Crippen LogP contribution >= 0.6 is 11.8 Å². The number of carbonyl (C=O) groups excluding carboxylic acids is 2. The van der Waals surface area contributed by atoms with Crippen molar-refractivity contribution in [2.24, 2.45) is 5.84 Å². The van der Waals surface area contributed by atoms with Crippen LogP contribution in [-0.2, 0) is 9.59 Å². The number of hydrogen-bond acceptors (Lipinski definition) is 4. The van der Waals surface area contributed by atoms with Crippen molar-refractivity contribution >= 4 is 23.6 Å². The fraction of sp³-hybridized carbons (Fsp3) is 0.714. The molecule has 1 fully saturated rings. The van der Waals surface area contributed by atoms with Gasteiger partial charge in [-0.3, -0.25) is 9.59 Å². The molecule has 68 valence electrons. The maximum atomic E-state index is 11.2. The summed E-state index contributed by atoms with van der Waals surface area (Å²) >= 11 is 1.49. The van der Waals surface area contributed by atoms with Crippen molar-refractivity contribution < 1.29 is 9.59 Å². The summed E-state index contributed by atoms with van der Waals surface area (Å²) in [5, 5.41) is 0.806. The van der Waals surface area contributed by atoms with Crippen molar-refractivity contribution in [1.82, 2.24) is 5.01 Å². The van der Waals surface area contributed by atoms with Crippen molar-refractivity contribution in [2.45, 2.75) is 30.8 Å². The first-order valence-electron chi connectivity index (χ1n) is 3.79. The maximum Gasteiger partial charge on any atom is 0.257 e. The smallest absolute Gasteiger partial charge is 0.257 e. The van der Waals surface area contributed by atoms with Crippen LogP contribution in [0.5, 0.6) is 0 Å². The zero-order chi connectivity index (χ0) is 9.30. The van der Waals surface area contributed by atoms with Gasteiger partial charge in [0, 0.05) is 6.42 Å². The Morgan fingerprint density at radius 2 is 2.17 bits per heavy atom. The van der Waals surface area contributed by atoms with E-state index < -0.39 is 0 Å². The van der Waals surface area contributed by atoms with E-state index in [1.807, 2.05) is 13.8 Å². The third-order valence-corrected chi connectivity index (χ3v) is 2.82. The summed E-state index contributed by atoms with van der Waals surface area (Å²) in [6.07, 6.45) is 0.248. The Labute approximate surface area is 75.4 Å². The topological polar surface area (TPSA) is 63.4 Å². The third-order valence-electron chi connectivity index (χ3n) is 1.58. The summed E-state index contributed by atoms with van der Waals surface area (Å²) in [5.74, 6) is 4.66. The molecule has 2 N–H and O–H groups in total. The molecular weight excluding hydrogens is 176 g/mol. The van der Waals surface area contributed by atoms with Crippen molar-refractivity contribution in [3.05, 3.63) is 0 Å². The van der Waals surface area contributed by atoms with Gasteiger partial charge in [0.25, 0.3) is 5.91 Å². The minimum Gasteiger partial charge on any atom is -0.273 e. The van der Waals surface area contributed by atoms with Gasteiger partial charge in [0.15, 0.2) is 0 Å². The van der Waals surface area contributed by atoms with Crippen molar-refractivity contribution in [2.75, 3.05) is 0 Å². The first-order valence-corrected chi connectivity index (χ1v) is 4.73. The zero-order valence-electron chi connectivity index (χ0n) is 7.11. The molecular formula is C7H12N2O2S. The average Bonchev–Trinajstić information content (AvgIpc) is 2.17. The molecule has 0 radical (unpaired) electrons. The summed E-state index contributed by atoms with van der Waals surface area (Å²) in [4.78, 5) is 22.2. The second kappa shape index (κ2) is 3.45. The van der Waals surface area contributed by atoms with Gasteiger partial charge in [-0.25, -0.2) is 10.9 Å². The van der Waals surface area contributed by atoms with E-state index in [4.69, 9.17) is 5.84 Å². The number of amides is 2. The lowest BCUT2D eigenvalue weighted by molar-refractivity contribution is -0.138. The Morgan fingerprint density at radius 1 is 1.58 bits per heavy atom. The summed E-state index contributed by atoms with van der Waals surface area (Å²) in [6.45, 7) is 3.98. The molecule has 1 heterocycles. The maximum absolute atomic E-state index is 11.2. The summed E-state index contributed by atoms with van der Waals surface area (Å²) in [5.41, 5.74) is 0. The number of nitrogens with two attached hydrogens (primary N) is 1. The van der Waals surface area contributed by atoms with Gasteiger partial charge in [0.05, 0.1) is 5.25 Å². The van der Waals surface area contributed by atoms with E-state index in [0.717, 1.165) is 5.01 Å². The van der Waals surface area contributed by atoms with Gasteiger partial charge in [-0.05, 0) is 5.25 Å². The molecule has 4 nitrogen and oxygen atoms in total. The molecule has 1 aliphatic rings. The first kappa shape index (κ1) is 9.54. The highest BCUT2D eigenvalue weighted by Crippen LogP contribution is 2.26. The fourth-order valence-corrected chi connectivity index (χ4v) is 2.18. The molecule has 1 atom stereocenters. The van der Waals surface area contributed by atoms with Crippen LogP contribution in [0.4, 0.5) is 0 Å². The van der Waals surface area contributed by atoms with Crippen LogP contribution in [0.15, 0.2) is 0 Å². The highest BCUT2D eigenvalue weighted by molar-refractivity contribution is 8.01. The summed E-state index contributed by atoms with van der Waals surface area (Å²) < 4.78 is 0. The number of imide groups is 1. The van der Waals surface area contributed by atoms with Crippen LogP contribution in [0, 0.1) is 0 Å². The van der Waals surface area contributed by atoms with Gasteiger partial charge in [-0.2, -0.15) is 0 Å². The predicted octanol–water partition coefficient (Wildman–Crippen LogP) is 0.129. The monoisotopic (exact) mass is 188 g/mol. The van der Waals surface area contributed by atoms with Gasteiger partial charge in [-0.1, -0.05) is 13.8 Å². The van der Waals surface area contributed by atoms with Crippen LogP contribution in [0.25, 0.3) is 0 Å². The molecule has 12 heavy (non-hydrogen) atoms. The number of carbonyl (C=O) groups is 2. The lowest BCUT2D eigenvalue weighted by Gasteiger charge is -2.09. The fourth-order valence-electron chi connectivity index (χ4n) is 1.06. The van der Waals surface area contributed by atoms with Crippen molar-refractivity contribution in [3.63, 3.8) is 0 Å². The Balaban J connectivity index is 2.59. The van der Waals surface area contributed by atoms with E-state index in [0.29, 0.717) is 5.25 Å². The Kier molecular flexibility index (Phi) is 2.74. The molecule has 0 spiro atoms. The van der Waals surface area contributed by atoms with Crippen LogP contribution in [0.3, 0.4) is 0 Å². The molecule has 1 aliphatic heterocycles. The number of hydrogen-bond donors (Lipinski definition) is 1. The highest BCUT2D eigenvalue weighted by Gasteiger charge is 2.37. The predicted molar refractivity (Wildman–Crippen MR) is 47.2 cm³/mol. The Bertz CT molecular complexity index is 217. The van der Waals surface area contributed by atoms with Crippen LogP contribution in [-0.4, -0.2) is 27.3 Å². The normalized spacial score (nSPS) is 24.3. The molecule has 0 aromatic carbocycles. The standard InChI is InChI=1S/C7H12N2O2S/c1-4(2)12-5-3-6(10)9(8)7(5)11/h4-5H,3,8H2,1-2H3. The lowest BCUT2D eigenvalue weighted by Crippen LogP contribution is -2.37. The SMILES string of the molecule is CC(C)SC1CC(=O)N(N)C1=O. The number of rotatable bonds is 2. The molecule has 0 aromatic heterocycles. The summed E-state index contributed by atoms with van der Waals surface area (Å²) in [7, 11) is 0. The van der Waals surface area contributed by atoms with Gasteiger partial charge in [0.2, 0.25) is 5.91 Å². The number of nitrogens with zero attached hydrogens (tertiary/aromatic N) is 1. The Morgan fingerprint density at radius 3 is 2.50 bits per heavy atom. The quantitative estimate of drug-likeness (QED) is 0.380. The van der Waals surface area contributed by atoms with Crippen molar-refractivity contribution in [1.29, 1.82) is 0 Å². The Hall–Kier alpha value is -0.550. The minimum absolute atomic E-state index is 0.248. The molecule has 0 saturated carbocycles. The minimum atomic E-state index is -0.279. The number of thioether (sulfide) groups is 1. The van der Waals surface area contributed by atoms with E-state index in [9.17, 15) is 9.59 Å². The van der Waals surface area contributed by atoms with Gasteiger partial charge in [-0.15, -0.1) is 11.8 Å². The molecule has 1 rings (SSSR count). The van der Waals surface area contributed by atoms with Crippen LogP contribution in [0.1, 0.15) is 20.3 Å². The average molecular weight is 188 g/mol. The van der Waals surface area contributed by atoms with E-state index in [-0.39, 0.29) is 23.5 Å². The second-order valence-electron chi connectivity index (χ2n) is 2.98. The lowest BCUT2D eigenvalue weighted by atomic mass is 10.4. The van der Waals surface area contributed by atoms with Crippen LogP contribution < -0.4 is 5.84 Å². The molecule has 0 aliphatic carbocycles. The van der Waals surface area contributed by atoms with Gasteiger partial charge < -0.3 is 0 Å². The number of hydrazine groups is 1. The van der Waals surface area contributed by atoms with Gasteiger partial charge in [0.1, 0.15) is 0 Å². The first-order chi connectivity index (χ1) is 5.52. The summed E-state index contributed by atoms with van der Waals surface area (Å²) in [6, 6.07) is 0. The molecule has 0 bridgehead atoms. The molecule has 1 unspecified atom stereocenters. The third kappa shape index (κ3) is 1.78. The second-order valence-corrected chi connectivity index (χ2v) is 4.76.